The summed E-state index contributed by atoms with van der Waals surface area (Å²) in [4.78, 5) is 7.54. The molecular weight excluding hydrogens is 328 g/mol. The van der Waals surface area contributed by atoms with E-state index < -0.39 is 6.10 Å². The Hall–Kier alpha value is -1.36. The van der Waals surface area contributed by atoms with Crippen molar-refractivity contribution in [3.05, 3.63) is 63.3 Å². The van der Waals surface area contributed by atoms with E-state index in [1.165, 1.54) is 0 Å². The van der Waals surface area contributed by atoms with Crippen LogP contribution in [0.3, 0.4) is 0 Å². The summed E-state index contributed by atoms with van der Waals surface area (Å²) in [5.74, 6) is 0.504. The normalized spacial score (nSPS) is 12.8. The number of H-pyrrole nitrogens is 1. The van der Waals surface area contributed by atoms with Crippen LogP contribution in [0.2, 0.25) is 5.02 Å². The summed E-state index contributed by atoms with van der Waals surface area (Å²) in [5, 5.41) is 10.9. The quantitative estimate of drug-likeness (QED) is 0.741. The Labute approximate surface area is 123 Å². The van der Waals surface area contributed by atoms with Crippen LogP contribution in [0.4, 0.5) is 0 Å². The highest BCUT2D eigenvalue weighted by molar-refractivity contribution is 9.10. The van der Waals surface area contributed by atoms with Gasteiger partial charge in [0.15, 0.2) is 0 Å². The van der Waals surface area contributed by atoms with E-state index in [1.54, 1.807) is 18.2 Å². The van der Waals surface area contributed by atoms with Crippen LogP contribution in [0.1, 0.15) is 17.5 Å². The van der Waals surface area contributed by atoms with Gasteiger partial charge >= 0.3 is 0 Å². The molecule has 0 saturated heterocycles. The smallest absolute Gasteiger partial charge is 0.140 e. The van der Waals surface area contributed by atoms with E-state index in [9.17, 15) is 5.11 Å². The first-order chi connectivity index (χ1) is 9.15. The summed E-state index contributed by atoms with van der Waals surface area (Å²) >= 11 is 9.37. The molecule has 0 amide bonds. The number of halogens is 2. The molecule has 3 aromatic rings. The number of aromatic amines is 1. The fourth-order valence-corrected chi connectivity index (χ4v) is 2.63. The van der Waals surface area contributed by atoms with Crippen LogP contribution in [0.25, 0.3) is 11.0 Å². The van der Waals surface area contributed by atoms with E-state index >= 15 is 0 Å². The van der Waals surface area contributed by atoms with Gasteiger partial charge in [-0.3, -0.25) is 0 Å². The molecule has 1 aromatic heterocycles. The monoisotopic (exact) mass is 336 g/mol. The van der Waals surface area contributed by atoms with Gasteiger partial charge in [-0.05, 0) is 45.8 Å². The molecule has 2 N–H and O–H groups in total. The SMILES string of the molecule is O[C@@H](c1cccc(Cl)c1)c1nc2c(Br)cccc2[nH]1. The van der Waals surface area contributed by atoms with Crippen LogP contribution in [0, 0.1) is 0 Å². The predicted octanol–water partition coefficient (Wildman–Crippen LogP) is 4.06. The summed E-state index contributed by atoms with van der Waals surface area (Å²) in [6, 6.07) is 12.9. The van der Waals surface area contributed by atoms with Crippen molar-refractivity contribution in [2.75, 3.05) is 0 Å². The summed E-state index contributed by atoms with van der Waals surface area (Å²) in [7, 11) is 0. The summed E-state index contributed by atoms with van der Waals surface area (Å²) in [6.45, 7) is 0. The zero-order valence-corrected chi connectivity index (χ0v) is 12.1. The first-order valence-electron chi connectivity index (χ1n) is 5.73. The number of para-hydroxylation sites is 1. The molecule has 5 heteroatoms. The van der Waals surface area contributed by atoms with Crippen molar-refractivity contribution in [1.29, 1.82) is 0 Å². The Bertz CT molecular complexity index is 741. The molecule has 0 fully saturated rings. The average Bonchev–Trinajstić information content (AvgIpc) is 2.83. The highest BCUT2D eigenvalue weighted by Gasteiger charge is 2.16. The number of nitrogens with one attached hydrogen (secondary N) is 1. The van der Waals surface area contributed by atoms with E-state index in [-0.39, 0.29) is 0 Å². The number of hydrogen-bond donors (Lipinski definition) is 2. The topological polar surface area (TPSA) is 48.9 Å². The number of aromatic nitrogens is 2. The van der Waals surface area contributed by atoms with Gasteiger partial charge in [-0.25, -0.2) is 4.98 Å². The molecule has 1 atom stereocenters. The molecule has 0 saturated carbocycles. The van der Waals surface area contributed by atoms with Crippen LogP contribution < -0.4 is 0 Å². The molecule has 0 spiro atoms. The van der Waals surface area contributed by atoms with Crippen LogP contribution in [-0.4, -0.2) is 15.1 Å². The Balaban J connectivity index is 2.06. The second-order valence-electron chi connectivity index (χ2n) is 4.22. The van der Waals surface area contributed by atoms with E-state index in [4.69, 9.17) is 11.6 Å². The van der Waals surface area contributed by atoms with Gasteiger partial charge in [-0.2, -0.15) is 0 Å². The fraction of sp³-hybridized carbons (Fsp3) is 0.0714. The van der Waals surface area contributed by atoms with Gasteiger partial charge in [-0.15, -0.1) is 0 Å². The molecule has 1 heterocycles. The van der Waals surface area contributed by atoms with Gasteiger partial charge < -0.3 is 10.1 Å². The third-order valence-electron chi connectivity index (χ3n) is 2.91. The molecule has 0 radical (unpaired) electrons. The first kappa shape index (κ1) is 12.7. The van der Waals surface area contributed by atoms with E-state index in [1.807, 2.05) is 24.3 Å². The van der Waals surface area contributed by atoms with Gasteiger partial charge in [0.25, 0.3) is 0 Å². The fourth-order valence-electron chi connectivity index (χ4n) is 1.98. The minimum absolute atomic E-state index is 0.504. The van der Waals surface area contributed by atoms with Gasteiger partial charge in [0.2, 0.25) is 0 Å². The lowest BCUT2D eigenvalue weighted by atomic mass is 10.1. The number of nitrogens with zero attached hydrogens (tertiary/aromatic N) is 1. The Morgan fingerprint density at radius 1 is 1.21 bits per heavy atom. The summed E-state index contributed by atoms with van der Waals surface area (Å²) in [5.41, 5.74) is 2.40. The van der Waals surface area contributed by atoms with Crippen molar-refractivity contribution in [3.63, 3.8) is 0 Å². The molecule has 0 unspecified atom stereocenters. The van der Waals surface area contributed by atoms with Crippen LogP contribution in [0.15, 0.2) is 46.9 Å². The maximum absolute atomic E-state index is 10.3. The zero-order valence-electron chi connectivity index (χ0n) is 9.77. The van der Waals surface area contributed by atoms with Gasteiger partial charge in [0.05, 0.1) is 5.52 Å². The van der Waals surface area contributed by atoms with E-state index in [0.29, 0.717) is 16.4 Å². The second-order valence-corrected chi connectivity index (χ2v) is 5.51. The average molecular weight is 338 g/mol. The Morgan fingerprint density at radius 2 is 2.00 bits per heavy atom. The van der Waals surface area contributed by atoms with Crippen LogP contribution in [-0.2, 0) is 0 Å². The number of fused-ring (bicyclic) bond motifs is 1. The lowest BCUT2D eigenvalue weighted by molar-refractivity contribution is 0.211. The van der Waals surface area contributed by atoms with Gasteiger partial charge in [-0.1, -0.05) is 29.8 Å². The zero-order chi connectivity index (χ0) is 13.4. The summed E-state index contributed by atoms with van der Waals surface area (Å²) < 4.78 is 0.894. The van der Waals surface area contributed by atoms with Crippen molar-refractivity contribution in [1.82, 2.24) is 9.97 Å². The molecule has 2 aromatic carbocycles. The van der Waals surface area contributed by atoms with Crippen molar-refractivity contribution in [3.8, 4) is 0 Å². The number of benzene rings is 2. The molecule has 96 valence electrons. The number of aliphatic hydroxyl groups is 1. The molecule has 0 aliphatic rings. The van der Waals surface area contributed by atoms with Gasteiger partial charge in [0.1, 0.15) is 17.4 Å². The predicted molar refractivity (Wildman–Crippen MR) is 79.3 cm³/mol. The molecule has 0 aliphatic heterocycles. The maximum atomic E-state index is 10.3. The highest BCUT2D eigenvalue weighted by atomic mass is 79.9. The first-order valence-corrected chi connectivity index (χ1v) is 6.90. The molecule has 3 nitrogen and oxygen atoms in total. The van der Waals surface area contributed by atoms with Crippen molar-refractivity contribution in [2.24, 2.45) is 0 Å². The van der Waals surface area contributed by atoms with Gasteiger partial charge in [0, 0.05) is 9.50 Å². The van der Waals surface area contributed by atoms with E-state index in [0.717, 1.165) is 15.5 Å². The molecular formula is C14H10BrClN2O. The second kappa shape index (κ2) is 4.96. The standard InChI is InChI=1S/C14H10BrClN2O/c15-10-5-2-6-11-12(10)18-14(17-11)13(19)8-3-1-4-9(16)7-8/h1-7,13,19H,(H,17,18)/t13-/m0/s1. The van der Waals surface area contributed by atoms with Crippen molar-refractivity contribution in [2.45, 2.75) is 6.10 Å². The Morgan fingerprint density at radius 3 is 2.74 bits per heavy atom. The molecule has 3 rings (SSSR count). The minimum Gasteiger partial charge on any atom is -0.380 e. The maximum Gasteiger partial charge on any atom is 0.140 e. The highest BCUT2D eigenvalue weighted by Crippen LogP contribution is 2.27. The third kappa shape index (κ3) is 2.39. The Kier molecular flexibility index (Phi) is 3.31. The number of imidazole rings is 1. The summed E-state index contributed by atoms with van der Waals surface area (Å²) in [6.07, 6.45) is -0.821. The van der Waals surface area contributed by atoms with Crippen LogP contribution >= 0.6 is 27.5 Å². The van der Waals surface area contributed by atoms with Crippen molar-refractivity contribution < 1.29 is 5.11 Å². The number of rotatable bonds is 2. The molecule has 0 aliphatic carbocycles. The molecule has 0 bridgehead atoms. The lowest BCUT2D eigenvalue weighted by Gasteiger charge is -2.07. The van der Waals surface area contributed by atoms with E-state index in [2.05, 4.69) is 25.9 Å². The molecule has 19 heavy (non-hydrogen) atoms. The minimum atomic E-state index is -0.821. The van der Waals surface area contributed by atoms with Crippen LogP contribution in [0.5, 0.6) is 0 Å². The third-order valence-corrected chi connectivity index (χ3v) is 3.78. The number of hydrogen-bond acceptors (Lipinski definition) is 2. The number of aliphatic hydroxyl groups excluding tert-OH is 1. The van der Waals surface area contributed by atoms with Crippen molar-refractivity contribution >= 4 is 38.6 Å². The lowest BCUT2D eigenvalue weighted by Crippen LogP contribution is -2.01. The largest absolute Gasteiger partial charge is 0.380 e.